The second-order valence-corrected chi connectivity index (χ2v) is 4.67. The number of benzene rings is 1. The maximum absolute atomic E-state index is 13.1. The normalized spacial score (nSPS) is 11.8. The molecule has 0 heterocycles. The van der Waals surface area contributed by atoms with Crippen LogP contribution in [-0.2, 0) is 17.5 Å². The fourth-order valence-corrected chi connectivity index (χ4v) is 1.61. The lowest BCUT2D eigenvalue weighted by molar-refractivity contribution is -0.137. The second kappa shape index (κ2) is 6.69. The number of hydrogen-bond acceptors (Lipinski definition) is 2. The van der Waals surface area contributed by atoms with E-state index < -0.39 is 17.6 Å². The Morgan fingerprint density at radius 3 is 2.45 bits per heavy atom. The molecule has 0 aliphatic carbocycles. The molecular formula is C13H16F4N2O. The van der Waals surface area contributed by atoms with Crippen LogP contribution in [0.15, 0.2) is 18.2 Å². The minimum Gasteiger partial charge on any atom is -0.353 e. The summed E-state index contributed by atoms with van der Waals surface area (Å²) in [4.78, 5) is 11.3. The second-order valence-electron chi connectivity index (χ2n) is 4.67. The quantitative estimate of drug-likeness (QED) is 0.819. The van der Waals surface area contributed by atoms with Crippen molar-refractivity contribution < 1.29 is 22.4 Å². The Bertz CT molecular complexity index is 472. The fourth-order valence-electron chi connectivity index (χ4n) is 1.61. The van der Waals surface area contributed by atoms with Crippen molar-refractivity contribution in [2.45, 2.75) is 32.6 Å². The number of nitrogens with one attached hydrogen (secondary N) is 2. The Hall–Kier alpha value is -1.63. The van der Waals surface area contributed by atoms with E-state index in [4.69, 9.17) is 0 Å². The highest BCUT2D eigenvalue weighted by molar-refractivity contribution is 5.78. The van der Waals surface area contributed by atoms with Gasteiger partial charge >= 0.3 is 6.18 Å². The van der Waals surface area contributed by atoms with Crippen LogP contribution in [0.1, 0.15) is 25.0 Å². The molecule has 0 saturated heterocycles. The summed E-state index contributed by atoms with van der Waals surface area (Å²) in [5.41, 5.74) is -0.907. The number of amides is 1. The largest absolute Gasteiger partial charge is 0.416 e. The average molecular weight is 292 g/mol. The van der Waals surface area contributed by atoms with E-state index >= 15 is 0 Å². The van der Waals surface area contributed by atoms with Gasteiger partial charge in [-0.25, -0.2) is 4.39 Å². The van der Waals surface area contributed by atoms with E-state index in [9.17, 15) is 22.4 Å². The van der Waals surface area contributed by atoms with Gasteiger partial charge in [0.25, 0.3) is 0 Å². The van der Waals surface area contributed by atoms with Crippen molar-refractivity contribution in [2.75, 3.05) is 6.54 Å². The Morgan fingerprint density at radius 2 is 1.90 bits per heavy atom. The predicted molar refractivity (Wildman–Crippen MR) is 66.4 cm³/mol. The zero-order chi connectivity index (χ0) is 15.3. The van der Waals surface area contributed by atoms with E-state index in [-0.39, 0.29) is 30.6 Å². The summed E-state index contributed by atoms with van der Waals surface area (Å²) < 4.78 is 50.6. The first kappa shape index (κ1) is 16.4. The summed E-state index contributed by atoms with van der Waals surface area (Å²) in [6.07, 6.45) is -4.59. The lowest BCUT2D eigenvalue weighted by Gasteiger charge is -2.11. The maximum Gasteiger partial charge on any atom is 0.416 e. The van der Waals surface area contributed by atoms with Gasteiger partial charge in [0.05, 0.1) is 12.1 Å². The summed E-state index contributed by atoms with van der Waals surface area (Å²) >= 11 is 0. The van der Waals surface area contributed by atoms with E-state index in [1.807, 2.05) is 0 Å². The molecule has 0 radical (unpaired) electrons. The number of hydrogen-bond donors (Lipinski definition) is 2. The highest BCUT2D eigenvalue weighted by Gasteiger charge is 2.31. The zero-order valence-corrected chi connectivity index (χ0v) is 11.1. The molecular weight excluding hydrogens is 276 g/mol. The first-order valence-electron chi connectivity index (χ1n) is 6.05. The number of alkyl halides is 3. The van der Waals surface area contributed by atoms with Crippen molar-refractivity contribution >= 4 is 5.91 Å². The van der Waals surface area contributed by atoms with Crippen LogP contribution in [0.5, 0.6) is 0 Å². The predicted octanol–water partition coefficient (Wildman–Crippen LogP) is 2.46. The van der Waals surface area contributed by atoms with Crippen LogP contribution in [0.4, 0.5) is 17.6 Å². The highest BCUT2D eigenvalue weighted by atomic mass is 19.4. The molecule has 20 heavy (non-hydrogen) atoms. The summed E-state index contributed by atoms with van der Waals surface area (Å²) in [6.45, 7) is 3.52. The molecule has 0 spiro atoms. The van der Waals surface area contributed by atoms with E-state index in [1.54, 1.807) is 13.8 Å². The minimum atomic E-state index is -4.59. The van der Waals surface area contributed by atoms with Gasteiger partial charge in [0, 0.05) is 12.6 Å². The lowest BCUT2D eigenvalue weighted by Crippen LogP contribution is -2.37. The minimum absolute atomic E-state index is 0.0182. The van der Waals surface area contributed by atoms with Crippen molar-refractivity contribution in [1.29, 1.82) is 0 Å². The third-order valence-corrected chi connectivity index (χ3v) is 2.35. The lowest BCUT2D eigenvalue weighted by atomic mass is 10.1. The molecule has 0 unspecified atom stereocenters. The van der Waals surface area contributed by atoms with Crippen molar-refractivity contribution in [2.24, 2.45) is 0 Å². The van der Waals surface area contributed by atoms with Gasteiger partial charge in [-0.1, -0.05) is 0 Å². The smallest absolute Gasteiger partial charge is 0.353 e. The van der Waals surface area contributed by atoms with Crippen LogP contribution in [-0.4, -0.2) is 18.5 Å². The van der Waals surface area contributed by atoms with Crippen molar-refractivity contribution in [1.82, 2.24) is 10.6 Å². The van der Waals surface area contributed by atoms with Crippen LogP contribution >= 0.6 is 0 Å². The van der Waals surface area contributed by atoms with Crippen LogP contribution in [0.2, 0.25) is 0 Å². The maximum atomic E-state index is 13.1. The molecule has 3 nitrogen and oxygen atoms in total. The summed E-state index contributed by atoms with van der Waals surface area (Å²) in [7, 11) is 0. The summed E-state index contributed by atoms with van der Waals surface area (Å²) in [5.74, 6) is -1.23. The topological polar surface area (TPSA) is 41.1 Å². The van der Waals surface area contributed by atoms with Gasteiger partial charge < -0.3 is 10.6 Å². The monoisotopic (exact) mass is 292 g/mol. The Labute approximate surface area is 114 Å². The van der Waals surface area contributed by atoms with Crippen molar-refractivity contribution in [3.8, 4) is 0 Å². The van der Waals surface area contributed by atoms with Gasteiger partial charge in [-0.15, -0.1) is 0 Å². The molecule has 1 aromatic rings. The number of carbonyl (C=O) groups excluding carboxylic acids is 1. The summed E-state index contributed by atoms with van der Waals surface area (Å²) in [6, 6.07) is 2.28. The molecule has 7 heteroatoms. The van der Waals surface area contributed by atoms with E-state index in [1.165, 1.54) is 0 Å². The van der Waals surface area contributed by atoms with Gasteiger partial charge in [-0.3, -0.25) is 4.79 Å². The van der Waals surface area contributed by atoms with E-state index in [0.29, 0.717) is 6.07 Å². The zero-order valence-electron chi connectivity index (χ0n) is 11.1. The van der Waals surface area contributed by atoms with Gasteiger partial charge in [0.2, 0.25) is 5.91 Å². The molecule has 0 aromatic heterocycles. The Morgan fingerprint density at radius 1 is 1.25 bits per heavy atom. The highest BCUT2D eigenvalue weighted by Crippen LogP contribution is 2.30. The van der Waals surface area contributed by atoms with Crippen LogP contribution in [0.3, 0.4) is 0 Å². The average Bonchev–Trinajstić information content (AvgIpc) is 2.25. The molecule has 1 amide bonds. The van der Waals surface area contributed by atoms with Crippen LogP contribution in [0, 0.1) is 5.82 Å². The Kier molecular flexibility index (Phi) is 5.50. The Balaban J connectivity index is 2.61. The number of carbonyl (C=O) groups is 1. The molecule has 0 fully saturated rings. The molecule has 0 atom stereocenters. The molecule has 2 N–H and O–H groups in total. The van der Waals surface area contributed by atoms with Gasteiger partial charge in [-0.2, -0.15) is 13.2 Å². The number of halogens is 4. The van der Waals surface area contributed by atoms with E-state index in [0.717, 1.165) is 12.1 Å². The van der Waals surface area contributed by atoms with Crippen molar-refractivity contribution in [3.05, 3.63) is 35.1 Å². The fraction of sp³-hybridized carbons (Fsp3) is 0.462. The molecule has 0 aliphatic rings. The third-order valence-electron chi connectivity index (χ3n) is 2.35. The third kappa shape index (κ3) is 5.56. The molecule has 0 saturated carbocycles. The standard InChI is InChI=1S/C13H16F4N2O/c1-8(2)19-12(20)7-18-6-9-3-10(13(15,16)17)5-11(14)4-9/h3-5,8,18H,6-7H2,1-2H3,(H,19,20). The van der Waals surface area contributed by atoms with Crippen molar-refractivity contribution in [3.63, 3.8) is 0 Å². The van der Waals surface area contributed by atoms with Gasteiger partial charge in [0.1, 0.15) is 5.82 Å². The van der Waals surface area contributed by atoms with Gasteiger partial charge in [-0.05, 0) is 37.6 Å². The van der Waals surface area contributed by atoms with Gasteiger partial charge in [0.15, 0.2) is 0 Å². The molecule has 112 valence electrons. The van der Waals surface area contributed by atoms with E-state index in [2.05, 4.69) is 10.6 Å². The summed E-state index contributed by atoms with van der Waals surface area (Å²) in [5, 5.41) is 5.29. The molecule has 1 rings (SSSR count). The first-order valence-corrected chi connectivity index (χ1v) is 6.05. The molecule has 1 aromatic carbocycles. The number of rotatable bonds is 5. The van der Waals surface area contributed by atoms with Crippen LogP contribution in [0.25, 0.3) is 0 Å². The van der Waals surface area contributed by atoms with Crippen LogP contribution < -0.4 is 10.6 Å². The first-order chi connectivity index (χ1) is 9.18. The molecule has 0 aliphatic heterocycles. The molecule has 0 bridgehead atoms. The SMILES string of the molecule is CC(C)NC(=O)CNCc1cc(F)cc(C(F)(F)F)c1.